The van der Waals surface area contributed by atoms with Gasteiger partial charge >= 0.3 is 5.97 Å². The highest BCUT2D eigenvalue weighted by molar-refractivity contribution is 7.14. The molecule has 2 unspecified atom stereocenters. The first-order valence-electron chi connectivity index (χ1n) is 14.9. The Labute approximate surface area is 256 Å². The summed E-state index contributed by atoms with van der Waals surface area (Å²) in [6, 6.07) is 9.88. The number of carbonyl (C=O) groups is 3. The van der Waals surface area contributed by atoms with Gasteiger partial charge in [-0.15, -0.1) is 11.3 Å². The molecule has 0 radical (unpaired) electrons. The molecule has 3 fully saturated rings. The van der Waals surface area contributed by atoms with Gasteiger partial charge in [0, 0.05) is 49.7 Å². The van der Waals surface area contributed by atoms with Crippen LogP contribution in [0.15, 0.2) is 35.7 Å². The summed E-state index contributed by atoms with van der Waals surface area (Å²) in [5.41, 5.74) is 6.42. The lowest BCUT2D eigenvalue weighted by molar-refractivity contribution is -0.144. The van der Waals surface area contributed by atoms with Crippen LogP contribution in [0.1, 0.15) is 45.5 Å². The fourth-order valence-electron chi connectivity index (χ4n) is 6.89. The van der Waals surface area contributed by atoms with Gasteiger partial charge in [-0.05, 0) is 86.4 Å². The molecule has 2 aromatic carbocycles. The van der Waals surface area contributed by atoms with Gasteiger partial charge in [0.25, 0.3) is 5.91 Å². The van der Waals surface area contributed by atoms with Crippen molar-refractivity contribution in [3.05, 3.63) is 63.5 Å². The number of piperidine rings is 1. The Morgan fingerprint density at radius 3 is 2.40 bits per heavy atom. The predicted octanol–water partition coefficient (Wildman–Crippen LogP) is 4.78. The molecule has 0 spiro atoms. The molecule has 226 valence electrons. The van der Waals surface area contributed by atoms with E-state index < -0.39 is 5.97 Å². The molecule has 1 aromatic heterocycles. The number of piperazine rings is 1. The first kappa shape index (κ1) is 29.2. The summed E-state index contributed by atoms with van der Waals surface area (Å²) in [7, 11) is 1.76. The van der Waals surface area contributed by atoms with E-state index in [1.165, 1.54) is 0 Å². The number of benzene rings is 2. The lowest BCUT2D eigenvalue weighted by atomic mass is 9.85. The maximum atomic E-state index is 13.2. The molecule has 2 bridgehead atoms. The standard InChI is InChI=1S/C33H38N4O5S/c1-19-5-8-28(25(11-19)27-18-43-33(34-27)37-14-22-6-7-23(15-37)30(22)32(40)41)42-17-26-20(2)12-24(13-21(26)3)31(39)36-10-9-35(4)29(38)16-36/h5,8,11-13,18,22-23,30H,6-7,9-10,14-17H2,1-4H3,(H,40,41). The van der Waals surface area contributed by atoms with E-state index in [-0.39, 0.29) is 36.1 Å². The minimum absolute atomic E-state index is 0.0472. The number of aromatic nitrogens is 1. The zero-order valence-corrected chi connectivity index (χ0v) is 25.9. The van der Waals surface area contributed by atoms with E-state index in [0.29, 0.717) is 25.3 Å². The van der Waals surface area contributed by atoms with E-state index in [9.17, 15) is 19.5 Å². The number of anilines is 1. The zero-order chi connectivity index (χ0) is 30.4. The van der Waals surface area contributed by atoms with Gasteiger partial charge in [0.2, 0.25) is 5.91 Å². The molecule has 6 rings (SSSR count). The largest absolute Gasteiger partial charge is 0.488 e. The second kappa shape index (κ2) is 11.6. The number of nitrogens with zero attached hydrogens (tertiary/aromatic N) is 4. The van der Waals surface area contributed by atoms with E-state index in [1.54, 1.807) is 28.2 Å². The summed E-state index contributed by atoms with van der Waals surface area (Å²) < 4.78 is 6.42. The second-order valence-electron chi connectivity index (χ2n) is 12.3. The zero-order valence-electron chi connectivity index (χ0n) is 25.1. The highest BCUT2D eigenvalue weighted by Crippen LogP contribution is 2.44. The van der Waals surface area contributed by atoms with Crippen LogP contribution in [-0.2, 0) is 16.2 Å². The van der Waals surface area contributed by atoms with Gasteiger partial charge in [-0.3, -0.25) is 14.4 Å². The second-order valence-corrected chi connectivity index (χ2v) is 13.1. The maximum absolute atomic E-state index is 13.2. The monoisotopic (exact) mass is 602 g/mol. The van der Waals surface area contributed by atoms with Gasteiger partial charge in [0.05, 0.1) is 11.6 Å². The third kappa shape index (κ3) is 5.72. The number of aryl methyl sites for hydroxylation is 3. The van der Waals surface area contributed by atoms with Crippen LogP contribution in [-0.4, -0.2) is 77.4 Å². The number of thiazole rings is 1. The lowest BCUT2D eigenvalue weighted by Gasteiger charge is -2.35. The summed E-state index contributed by atoms with van der Waals surface area (Å²) in [6.07, 6.45) is 1.94. The van der Waals surface area contributed by atoms with Crippen molar-refractivity contribution in [3.63, 3.8) is 0 Å². The molecule has 2 saturated heterocycles. The minimum atomic E-state index is -0.660. The molecule has 3 aliphatic rings. The smallest absolute Gasteiger partial charge is 0.307 e. The Balaban J connectivity index is 1.18. The van der Waals surface area contributed by atoms with Crippen LogP contribution in [0, 0.1) is 38.5 Å². The van der Waals surface area contributed by atoms with E-state index in [4.69, 9.17) is 9.72 Å². The van der Waals surface area contributed by atoms with Gasteiger partial charge in [0.15, 0.2) is 5.13 Å². The Kier molecular flexibility index (Phi) is 7.89. The van der Waals surface area contributed by atoms with Gasteiger partial charge in [-0.1, -0.05) is 11.6 Å². The number of hydrogen-bond acceptors (Lipinski definition) is 7. The lowest BCUT2D eigenvalue weighted by Crippen LogP contribution is -2.50. The van der Waals surface area contributed by atoms with Crippen molar-refractivity contribution in [1.82, 2.24) is 14.8 Å². The number of rotatable bonds is 7. The third-order valence-electron chi connectivity index (χ3n) is 9.35. The highest BCUT2D eigenvalue weighted by Gasteiger charge is 2.46. The normalized spacial score (nSPS) is 21.8. The fourth-order valence-corrected chi connectivity index (χ4v) is 7.74. The van der Waals surface area contributed by atoms with E-state index in [2.05, 4.69) is 16.3 Å². The number of fused-ring (bicyclic) bond motifs is 2. The molecule has 1 N–H and O–H groups in total. The van der Waals surface area contributed by atoms with E-state index in [1.807, 2.05) is 45.0 Å². The maximum Gasteiger partial charge on any atom is 0.307 e. The van der Waals surface area contributed by atoms with Gasteiger partial charge in [-0.25, -0.2) is 4.98 Å². The molecule has 43 heavy (non-hydrogen) atoms. The number of carbonyl (C=O) groups excluding carboxylic acids is 2. The molecule has 2 atom stereocenters. The number of carboxylic acid groups (broad SMARTS) is 1. The molecular formula is C33H38N4O5S. The molecule has 1 aliphatic carbocycles. The SMILES string of the molecule is Cc1ccc(OCc2c(C)cc(C(=O)N3CCN(C)C(=O)C3)cc2C)c(-c2csc(N3CC4CCC(C3)C4C(=O)O)n2)c1. The number of aliphatic carboxylic acids is 1. The van der Waals surface area contributed by atoms with Crippen molar-refractivity contribution >= 4 is 34.3 Å². The minimum Gasteiger partial charge on any atom is -0.488 e. The summed E-state index contributed by atoms with van der Waals surface area (Å²) in [5, 5.41) is 12.7. The van der Waals surface area contributed by atoms with Crippen LogP contribution in [0.2, 0.25) is 0 Å². The van der Waals surface area contributed by atoms with Crippen LogP contribution in [0.25, 0.3) is 11.3 Å². The quantitative estimate of drug-likeness (QED) is 0.415. The molecule has 2 amide bonds. The number of amides is 2. The molecule has 2 aliphatic heterocycles. The van der Waals surface area contributed by atoms with Crippen molar-refractivity contribution in [2.24, 2.45) is 17.8 Å². The first-order valence-corrected chi connectivity index (χ1v) is 15.8. The van der Waals surface area contributed by atoms with Crippen LogP contribution in [0.3, 0.4) is 0 Å². The first-order chi connectivity index (χ1) is 20.6. The average Bonchev–Trinajstić information content (AvgIpc) is 3.57. The van der Waals surface area contributed by atoms with E-state index >= 15 is 0 Å². The number of ether oxygens (including phenoxy) is 1. The van der Waals surface area contributed by atoms with E-state index in [0.717, 1.165) is 70.3 Å². The Bertz CT molecular complexity index is 1550. The highest BCUT2D eigenvalue weighted by atomic mass is 32.1. The van der Waals surface area contributed by atoms with Crippen molar-refractivity contribution in [3.8, 4) is 17.0 Å². The summed E-state index contributed by atoms with van der Waals surface area (Å²) in [5.74, 6) is 0.0307. The average molecular weight is 603 g/mol. The summed E-state index contributed by atoms with van der Waals surface area (Å²) >= 11 is 1.59. The molecule has 10 heteroatoms. The number of carboxylic acids is 1. The van der Waals surface area contributed by atoms with Crippen molar-refractivity contribution in [1.29, 1.82) is 0 Å². The molecule has 3 aromatic rings. The van der Waals surface area contributed by atoms with Crippen LogP contribution in [0.4, 0.5) is 5.13 Å². The Morgan fingerprint density at radius 2 is 1.74 bits per heavy atom. The Hall–Kier alpha value is -3.92. The fraction of sp³-hybridized carbons (Fsp3) is 0.455. The number of likely N-dealkylation sites (N-methyl/N-ethyl adjacent to an activating group) is 1. The van der Waals surface area contributed by atoms with Gasteiger partial charge in [-0.2, -0.15) is 0 Å². The molecule has 3 heterocycles. The van der Waals surface area contributed by atoms with Gasteiger partial charge in [0.1, 0.15) is 18.9 Å². The van der Waals surface area contributed by atoms with Crippen molar-refractivity contribution in [2.45, 2.75) is 40.2 Å². The predicted molar refractivity (Wildman–Crippen MR) is 166 cm³/mol. The molecular weight excluding hydrogens is 564 g/mol. The Morgan fingerprint density at radius 1 is 1.05 bits per heavy atom. The summed E-state index contributed by atoms with van der Waals surface area (Å²) in [6.45, 7) is 9.01. The van der Waals surface area contributed by atoms with Crippen LogP contribution >= 0.6 is 11.3 Å². The van der Waals surface area contributed by atoms with Crippen LogP contribution < -0.4 is 9.64 Å². The number of hydrogen-bond donors (Lipinski definition) is 1. The third-order valence-corrected chi connectivity index (χ3v) is 10.3. The van der Waals surface area contributed by atoms with Crippen molar-refractivity contribution in [2.75, 3.05) is 44.7 Å². The summed E-state index contributed by atoms with van der Waals surface area (Å²) in [4.78, 5) is 47.6. The van der Waals surface area contributed by atoms with Crippen LogP contribution in [0.5, 0.6) is 5.75 Å². The topological polar surface area (TPSA) is 103 Å². The van der Waals surface area contributed by atoms with Gasteiger partial charge < -0.3 is 24.5 Å². The molecule has 9 nitrogen and oxygen atoms in total. The molecule has 1 saturated carbocycles. The van der Waals surface area contributed by atoms with Crippen molar-refractivity contribution < 1.29 is 24.2 Å².